The zero-order valence-corrected chi connectivity index (χ0v) is 28.4. The molecule has 0 radical (unpaired) electrons. The first-order chi connectivity index (χ1) is 23.9. The summed E-state index contributed by atoms with van der Waals surface area (Å²) in [5, 5.41) is 45.2. The molecule has 0 saturated heterocycles. The Morgan fingerprint density at radius 1 is 1.02 bits per heavy atom. The average molecular weight is 691 g/mol. The number of carbonyl (C=O) groups is 4. The van der Waals surface area contributed by atoms with Crippen molar-refractivity contribution in [2.75, 3.05) is 26.9 Å². The van der Waals surface area contributed by atoms with E-state index in [2.05, 4.69) is 5.32 Å². The van der Waals surface area contributed by atoms with E-state index in [1.165, 1.54) is 13.2 Å². The van der Waals surface area contributed by atoms with Crippen LogP contribution in [0.2, 0.25) is 0 Å². The molecule has 268 valence electrons. The normalized spacial score (nSPS) is 16.5. The van der Waals surface area contributed by atoms with Gasteiger partial charge in [-0.2, -0.15) is 0 Å². The summed E-state index contributed by atoms with van der Waals surface area (Å²) in [5.74, 6) is -3.76. The smallest absolute Gasteiger partial charge is 0.323 e. The van der Waals surface area contributed by atoms with Crippen molar-refractivity contribution < 1.29 is 49.1 Å². The Kier molecular flexibility index (Phi) is 13.3. The number of hydrogen-bond donors (Lipinski definition) is 6. The van der Waals surface area contributed by atoms with Gasteiger partial charge in [-0.1, -0.05) is 42.5 Å². The monoisotopic (exact) mass is 690 g/mol. The fourth-order valence-corrected chi connectivity index (χ4v) is 6.82. The lowest BCUT2D eigenvalue weighted by Gasteiger charge is -2.36. The van der Waals surface area contributed by atoms with Gasteiger partial charge in [-0.25, -0.2) is 0 Å². The number of hydrogen-bond acceptors (Lipinski definition) is 11. The number of aliphatic hydroxyl groups excluding tert-OH is 2. The summed E-state index contributed by atoms with van der Waals surface area (Å²) in [6.45, 7) is 0.892. The fourth-order valence-electron chi connectivity index (χ4n) is 6.82. The molecule has 0 aliphatic heterocycles. The predicted octanol–water partition coefficient (Wildman–Crippen LogP) is 2.63. The van der Waals surface area contributed by atoms with Crippen molar-refractivity contribution in [2.24, 2.45) is 17.6 Å². The van der Waals surface area contributed by atoms with Crippen molar-refractivity contribution >= 4 is 23.4 Å². The maximum atomic E-state index is 13.6. The molecule has 3 unspecified atom stereocenters. The van der Waals surface area contributed by atoms with Gasteiger partial charge in [0.1, 0.15) is 23.1 Å². The fraction of sp³-hybridized carbons (Fsp3) is 0.421. The SMILES string of the molecule is CCOC(=O)C(Cc1ccccc1)NCc1ccc(OC)c(-c2ccc(O)c3c2CC(CC(CCO)[C@](O)(CO)C(=O)CC(N)=O)CC3=O)c1. The molecule has 4 atom stereocenters. The minimum absolute atomic E-state index is 0.0186. The van der Waals surface area contributed by atoms with Crippen LogP contribution in [0.15, 0.2) is 60.7 Å². The summed E-state index contributed by atoms with van der Waals surface area (Å²) in [6, 6.07) is 17.7. The molecule has 0 fully saturated rings. The standard InChI is InChI=1S/C38H46N2O10/c1-3-50-37(47)30(18-23-7-5-4-6-8-23)40-21-24-9-12-33(49-2)28(16-24)27-10-11-31(43)36-29(27)17-25(19-32(36)44)15-26(13-14-41)38(48,22-42)34(45)20-35(39)46/h4-12,16,25-26,30,40-43,48H,3,13-15,17-22H2,1-2H3,(H2,39,46)/t25?,26?,30?,38-/m1/s1. The minimum Gasteiger partial charge on any atom is -0.507 e. The molecular weight excluding hydrogens is 644 g/mol. The Morgan fingerprint density at radius 3 is 2.40 bits per heavy atom. The van der Waals surface area contributed by atoms with E-state index in [-0.39, 0.29) is 55.4 Å². The van der Waals surface area contributed by atoms with E-state index in [4.69, 9.17) is 15.2 Å². The second kappa shape index (κ2) is 17.3. The number of rotatable bonds is 18. The van der Waals surface area contributed by atoms with Crippen molar-refractivity contribution in [1.29, 1.82) is 0 Å². The predicted molar refractivity (Wildman–Crippen MR) is 184 cm³/mol. The van der Waals surface area contributed by atoms with E-state index < -0.39 is 54.8 Å². The molecule has 1 aliphatic carbocycles. The number of phenolic OH excluding ortho intramolecular Hbond substituents is 1. The van der Waals surface area contributed by atoms with Gasteiger partial charge in [-0.15, -0.1) is 0 Å². The van der Waals surface area contributed by atoms with Gasteiger partial charge in [0.25, 0.3) is 0 Å². The Hall–Kier alpha value is -4.62. The van der Waals surface area contributed by atoms with Gasteiger partial charge < -0.3 is 41.0 Å². The number of primary amides is 1. The lowest BCUT2D eigenvalue weighted by atomic mass is 9.71. The van der Waals surface area contributed by atoms with Crippen LogP contribution in [0.3, 0.4) is 0 Å². The van der Waals surface area contributed by atoms with E-state index in [1.807, 2.05) is 42.5 Å². The van der Waals surface area contributed by atoms with Crippen molar-refractivity contribution in [3.63, 3.8) is 0 Å². The molecular formula is C38H46N2O10. The summed E-state index contributed by atoms with van der Waals surface area (Å²) in [6.07, 6.45) is -0.150. The van der Waals surface area contributed by atoms with E-state index in [0.717, 1.165) is 11.1 Å². The van der Waals surface area contributed by atoms with E-state index in [1.54, 1.807) is 19.1 Å². The van der Waals surface area contributed by atoms with E-state index in [9.17, 15) is 39.6 Å². The van der Waals surface area contributed by atoms with Gasteiger partial charge in [0, 0.05) is 25.1 Å². The van der Waals surface area contributed by atoms with E-state index in [0.29, 0.717) is 35.4 Å². The number of ether oxygens (including phenoxy) is 2. The second-order valence-corrected chi connectivity index (χ2v) is 12.7. The Bertz CT molecular complexity index is 1680. The van der Waals surface area contributed by atoms with Gasteiger partial charge in [-0.05, 0) is 84.9 Å². The second-order valence-electron chi connectivity index (χ2n) is 12.7. The van der Waals surface area contributed by atoms with Gasteiger partial charge in [0.05, 0.1) is 32.3 Å². The number of nitrogens with one attached hydrogen (secondary N) is 1. The molecule has 3 aromatic rings. The molecule has 50 heavy (non-hydrogen) atoms. The molecule has 0 spiro atoms. The van der Waals surface area contributed by atoms with Crippen LogP contribution in [-0.2, 0) is 38.5 Å². The van der Waals surface area contributed by atoms with Crippen LogP contribution in [0, 0.1) is 11.8 Å². The topological polar surface area (TPSA) is 206 Å². The van der Waals surface area contributed by atoms with Crippen LogP contribution in [0.25, 0.3) is 11.1 Å². The summed E-state index contributed by atoms with van der Waals surface area (Å²) < 4.78 is 11.0. The van der Waals surface area contributed by atoms with Gasteiger partial charge in [-0.3, -0.25) is 19.2 Å². The lowest BCUT2D eigenvalue weighted by molar-refractivity contribution is -0.153. The third-order valence-corrected chi connectivity index (χ3v) is 9.33. The molecule has 1 amide bonds. The molecule has 7 N–H and O–H groups in total. The maximum absolute atomic E-state index is 13.6. The van der Waals surface area contributed by atoms with Crippen LogP contribution in [0.4, 0.5) is 0 Å². The highest BCUT2D eigenvalue weighted by atomic mass is 16.5. The molecule has 0 saturated carbocycles. The van der Waals surface area contributed by atoms with Crippen molar-refractivity contribution in [2.45, 2.75) is 63.6 Å². The van der Waals surface area contributed by atoms with Crippen LogP contribution in [0.1, 0.15) is 59.7 Å². The zero-order valence-electron chi connectivity index (χ0n) is 28.4. The van der Waals surface area contributed by atoms with Crippen molar-refractivity contribution in [1.82, 2.24) is 5.32 Å². The molecule has 1 aliphatic rings. The van der Waals surface area contributed by atoms with Gasteiger partial charge >= 0.3 is 5.97 Å². The molecule has 3 aromatic carbocycles. The number of benzene rings is 3. The van der Waals surface area contributed by atoms with Crippen LogP contribution >= 0.6 is 0 Å². The molecule has 0 aromatic heterocycles. The number of aliphatic hydroxyl groups is 3. The van der Waals surface area contributed by atoms with Crippen molar-refractivity contribution in [3.8, 4) is 22.6 Å². The number of phenols is 1. The number of nitrogens with two attached hydrogens (primary N) is 1. The Morgan fingerprint density at radius 2 is 1.76 bits per heavy atom. The van der Waals surface area contributed by atoms with Crippen LogP contribution in [-0.4, -0.2) is 82.4 Å². The summed E-state index contributed by atoms with van der Waals surface area (Å²) in [5.41, 5.74) is 6.59. The first kappa shape index (κ1) is 38.2. The number of fused-ring (bicyclic) bond motifs is 1. The largest absolute Gasteiger partial charge is 0.507 e. The highest BCUT2D eigenvalue weighted by Crippen LogP contribution is 2.43. The summed E-state index contributed by atoms with van der Waals surface area (Å²) >= 11 is 0. The van der Waals surface area contributed by atoms with Crippen LogP contribution < -0.4 is 15.8 Å². The Labute approximate surface area is 291 Å². The first-order valence-corrected chi connectivity index (χ1v) is 16.7. The molecule has 4 rings (SSSR count). The van der Waals surface area contributed by atoms with E-state index >= 15 is 0 Å². The third-order valence-electron chi connectivity index (χ3n) is 9.33. The number of Topliss-reactive ketones (excluding diaryl/α,β-unsaturated/α-hetero) is 2. The summed E-state index contributed by atoms with van der Waals surface area (Å²) in [4.78, 5) is 50.7. The molecule has 0 heterocycles. The number of esters is 1. The third kappa shape index (κ3) is 8.94. The highest BCUT2D eigenvalue weighted by Gasteiger charge is 2.45. The highest BCUT2D eigenvalue weighted by molar-refractivity contribution is 6.03. The maximum Gasteiger partial charge on any atom is 0.323 e. The van der Waals surface area contributed by atoms with Crippen LogP contribution in [0.5, 0.6) is 11.5 Å². The number of amides is 1. The number of carbonyl (C=O) groups excluding carboxylic acids is 4. The molecule has 0 bridgehead atoms. The average Bonchev–Trinajstić information content (AvgIpc) is 3.09. The molecule has 12 nitrogen and oxygen atoms in total. The lowest BCUT2D eigenvalue weighted by Crippen LogP contribution is -2.51. The molecule has 12 heteroatoms. The van der Waals surface area contributed by atoms with Gasteiger partial charge in [0.15, 0.2) is 11.6 Å². The first-order valence-electron chi connectivity index (χ1n) is 16.7. The summed E-state index contributed by atoms with van der Waals surface area (Å²) in [7, 11) is 1.52. The number of aromatic hydroxyl groups is 1. The van der Waals surface area contributed by atoms with Gasteiger partial charge in [0.2, 0.25) is 5.91 Å². The minimum atomic E-state index is -2.35. The zero-order chi connectivity index (χ0) is 36.4. The van der Waals surface area contributed by atoms with Crippen molar-refractivity contribution in [3.05, 3.63) is 82.9 Å². The number of methoxy groups -OCH3 is 1. The quantitative estimate of drug-likeness (QED) is 0.0845. The number of ketones is 2. The Balaban J connectivity index is 1.66.